The van der Waals surface area contributed by atoms with Crippen molar-refractivity contribution in [2.45, 2.75) is 38.2 Å². The smallest absolute Gasteiger partial charge is 0.219 e. The Balaban J connectivity index is 2.22. The summed E-state index contributed by atoms with van der Waals surface area (Å²) < 4.78 is 5.62. The molecule has 0 heterocycles. The summed E-state index contributed by atoms with van der Waals surface area (Å²) in [5.74, 6) is 0.168. The molecule has 0 spiro atoms. The Kier molecular flexibility index (Phi) is 4.90. The summed E-state index contributed by atoms with van der Waals surface area (Å²) in [4.78, 5) is 10.5. The van der Waals surface area contributed by atoms with Crippen molar-refractivity contribution in [1.82, 2.24) is 0 Å². The van der Waals surface area contributed by atoms with E-state index in [-0.39, 0.29) is 12.0 Å². The standard InChI is InChI=1S/C10H20N2O2/c11-7-8-3-1-2-4-9(8)14-6-5-10(12)13/h8-9H,1-7,11H2,(H2,12,13). The van der Waals surface area contributed by atoms with E-state index in [1.807, 2.05) is 0 Å². The van der Waals surface area contributed by atoms with Crippen molar-refractivity contribution in [3.05, 3.63) is 0 Å². The second kappa shape index (κ2) is 5.98. The van der Waals surface area contributed by atoms with Gasteiger partial charge in [0.1, 0.15) is 0 Å². The van der Waals surface area contributed by atoms with Gasteiger partial charge < -0.3 is 16.2 Å². The van der Waals surface area contributed by atoms with Crippen LogP contribution in [0.15, 0.2) is 0 Å². The van der Waals surface area contributed by atoms with Gasteiger partial charge in [-0.1, -0.05) is 12.8 Å². The molecular weight excluding hydrogens is 180 g/mol. The summed E-state index contributed by atoms with van der Waals surface area (Å²) >= 11 is 0. The highest BCUT2D eigenvalue weighted by Gasteiger charge is 2.24. The lowest BCUT2D eigenvalue weighted by Gasteiger charge is -2.30. The Morgan fingerprint density at radius 3 is 2.71 bits per heavy atom. The molecular formula is C10H20N2O2. The summed E-state index contributed by atoms with van der Waals surface area (Å²) in [5.41, 5.74) is 10.7. The van der Waals surface area contributed by atoms with Gasteiger partial charge in [-0.15, -0.1) is 0 Å². The summed E-state index contributed by atoms with van der Waals surface area (Å²) in [6.45, 7) is 1.12. The highest BCUT2D eigenvalue weighted by Crippen LogP contribution is 2.25. The molecule has 0 aliphatic heterocycles. The number of primary amides is 1. The largest absolute Gasteiger partial charge is 0.377 e. The van der Waals surface area contributed by atoms with Crippen LogP contribution in [-0.2, 0) is 9.53 Å². The molecule has 14 heavy (non-hydrogen) atoms. The Morgan fingerprint density at radius 2 is 2.07 bits per heavy atom. The fourth-order valence-corrected chi connectivity index (χ4v) is 1.97. The molecule has 0 aromatic carbocycles. The molecule has 4 N–H and O–H groups in total. The van der Waals surface area contributed by atoms with Crippen molar-refractivity contribution in [3.63, 3.8) is 0 Å². The molecule has 0 saturated heterocycles. The van der Waals surface area contributed by atoms with Gasteiger partial charge in [-0.3, -0.25) is 4.79 Å². The number of rotatable bonds is 5. The first-order valence-corrected chi connectivity index (χ1v) is 5.34. The quantitative estimate of drug-likeness (QED) is 0.674. The lowest BCUT2D eigenvalue weighted by atomic mass is 9.86. The van der Waals surface area contributed by atoms with E-state index >= 15 is 0 Å². The molecule has 82 valence electrons. The molecule has 1 fully saturated rings. The van der Waals surface area contributed by atoms with E-state index < -0.39 is 0 Å². The van der Waals surface area contributed by atoms with Gasteiger partial charge in [0.2, 0.25) is 5.91 Å². The first-order chi connectivity index (χ1) is 6.74. The van der Waals surface area contributed by atoms with E-state index in [1.165, 1.54) is 12.8 Å². The normalized spacial score (nSPS) is 27.5. The van der Waals surface area contributed by atoms with Gasteiger partial charge in [0.15, 0.2) is 0 Å². The molecule has 1 rings (SSSR count). The van der Waals surface area contributed by atoms with Crippen LogP contribution in [0.25, 0.3) is 0 Å². The molecule has 1 aliphatic carbocycles. The second-order valence-corrected chi connectivity index (χ2v) is 3.91. The van der Waals surface area contributed by atoms with Crippen molar-refractivity contribution in [2.24, 2.45) is 17.4 Å². The third-order valence-corrected chi connectivity index (χ3v) is 2.82. The summed E-state index contributed by atoms with van der Waals surface area (Å²) in [7, 11) is 0. The molecule has 0 aromatic rings. The van der Waals surface area contributed by atoms with E-state index in [4.69, 9.17) is 16.2 Å². The van der Waals surface area contributed by atoms with Crippen LogP contribution in [-0.4, -0.2) is 25.2 Å². The number of hydrogen-bond donors (Lipinski definition) is 2. The number of hydrogen-bond acceptors (Lipinski definition) is 3. The van der Waals surface area contributed by atoms with Gasteiger partial charge in [-0.05, 0) is 25.3 Å². The topological polar surface area (TPSA) is 78.3 Å². The van der Waals surface area contributed by atoms with E-state index in [9.17, 15) is 4.79 Å². The SMILES string of the molecule is NCC1CCCCC1OCCC(N)=O. The zero-order valence-corrected chi connectivity index (χ0v) is 8.58. The Labute approximate surface area is 85.0 Å². The minimum Gasteiger partial charge on any atom is -0.377 e. The van der Waals surface area contributed by atoms with Crippen LogP contribution in [0, 0.1) is 5.92 Å². The van der Waals surface area contributed by atoms with Gasteiger partial charge >= 0.3 is 0 Å². The Hall–Kier alpha value is -0.610. The summed E-state index contributed by atoms with van der Waals surface area (Å²) in [5, 5.41) is 0. The average Bonchev–Trinajstić information content (AvgIpc) is 2.18. The lowest BCUT2D eigenvalue weighted by molar-refractivity contribution is -0.120. The van der Waals surface area contributed by atoms with Gasteiger partial charge in [0, 0.05) is 6.42 Å². The monoisotopic (exact) mass is 200 g/mol. The molecule has 4 heteroatoms. The van der Waals surface area contributed by atoms with Crippen LogP contribution in [0.3, 0.4) is 0 Å². The van der Waals surface area contributed by atoms with Gasteiger partial charge in [-0.25, -0.2) is 0 Å². The highest BCUT2D eigenvalue weighted by atomic mass is 16.5. The third-order valence-electron chi connectivity index (χ3n) is 2.82. The van der Waals surface area contributed by atoms with Crippen molar-refractivity contribution >= 4 is 5.91 Å². The highest BCUT2D eigenvalue weighted by molar-refractivity contribution is 5.73. The fraction of sp³-hybridized carbons (Fsp3) is 0.900. The van der Waals surface area contributed by atoms with Gasteiger partial charge in [-0.2, -0.15) is 0 Å². The lowest BCUT2D eigenvalue weighted by Crippen LogP contribution is -2.33. The molecule has 1 aliphatic rings. The molecule has 1 amide bonds. The summed E-state index contributed by atoms with van der Waals surface area (Å²) in [6.07, 6.45) is 5.23. The molecule has 0 aromatic heterocycles. The molecule has 1 saturated carbocycles. The fourth-order valence-electron chi connectivity index (χ4n) is 1.97. The first-order valence-electron chi connectivity index (χ1n) is 5.34. The maximum atomic E-state index is 10.5. The van der Waals surface area contributed by atoms with Crippen LogP contribution < -0.4 is 11.5 Å². The predicted octanol–water partition coefficient (Wildman–Crippen LogP) is 0.396. The number of ether oxygens (including phenoxy) is 1. The maximum Gasteiger partial charge on any atom is 0.219 e. The van der Waals surface area contributed by atoms with Crippen molar-refractivity contribution in [3.8, 4) is 0 Å². The predicted molar refractivity (Wildman–Crippen MR) is 54.6 cm³/mol. The van der Waals surface area contributed by atoms with Crippen molar-refractivity contribution in [2.75, 3.05) is 13.2 Å². The number of amides is 1. The minimum atomic E-state index is -0.301. The minimum absolute atomic E-state index is 0.244. The third kappa shape index (κ3) is 3.64. The van der Waals surface area contributed by atoms with E-state index in [1.54, 1.807) is 0 Å². The van der Waals surface area contributed by atoms with Crippen LogP contribution in [0.5, 0.6) is 0 Å². The zero-order valence-electron chi connectivity index (χ0n) is 8.58. The van der Waals surface area contributed by atoms with Crippen molar-refractivity contribution < 1.29 is 9.53 Å². The van der Waals surface area contributed by atoms with Crippen LogP contribution in [0.2, 0.25) is 0 Å². The van der Waals surface area contributed by atoms with Crippen LogP contribution >= 0.6 is 0 Å². The zero-order chi connectivity index (χ0) is 10.4. The van der Waals surface area contributed by atoms with Crippen molar-refractivity contribution in [1.29, 1.82) is 0 Å². The van der Waals surface area contributed by atoms with Crippen LogP contribution in [0.4, 0.5) is 0 Å². The summed E-state index contributed by atoms with van der Waals surface area (Å²) in [6, 6.07) is 0. The number of carbonyl (C=O) groups is 1. The second-order valence-electron chi connectivity index (χ2n) is 3.91. The maximum absolute atomic E-state index is 10.5. The number of carbonyl (C=O) groups excluding carboxylic acids is 1. The molecule has 2 atom stereocenters. The van der Waals surface area contributed by atoms with Gasteiger partial charge in [0.25, 0.3) is 0 Å². The molecule has 4 nitrogen and oxygen atoms in total. The number of nitrogens with two attached hydrogens (primary N) is 2. The van der Waals surface area contributed by atoms with E-state index in [0.717, 1.165) is 12.8 Å². The average molecular weight is 200 g/mol. The molecule has 2 unspecified atom stereocenters. The molecule has 0 radical (unpaired) electrons. The Morgan fingerprint density at radius 1 is 1.36 bits per heavy atom. The van der Waals surface area contributed by atoms with E-state index in [0.29, 0.717) is 25.5 Å². The molecule has 0 bridgehead atoms. The van der Waals surface area contributed by atoms with Crippen LogP contribution in [0.1, 0.15) is 32.1 Å². The van der Waals surface area contributed by atoms with E-state index in [2.05, 4.69) is 0 Å². The first kappa shape index (κ1) is 11.5. The van der Waals surface area contributed by atoms with Gasteiger partial charge in [0.05, 0.1) is 12.7 Å². The Bertz CT molecular complexity index is 185.